The minimum absolute atomic E-state index is 0.0584. The molecule has 3 aromatic carbocycles. The topological polar surface area (TPSA) is 88.0 Å². The number of H-pyrrole nitrogens is 1. The fourth-order valence-corrected chi connectivity index (χ4v) is 4.08. The molecule has 1 heterocycles. The lowest BCUT2D eigenvalue weighted by Crippen LogP contribution is -2.30. The van der Waals surface area contributed by atoms with Crippen LogP contribution in [-0.2, 0) is 11.2 Å². The number of carbonyl (C=O) groups is 1. The van der Waals surface area contributed by atoms with E-state index in [1.54, 1.807) is 18.2 Å². The number of aromatic nitrogens is 1. The van der Waals surface area contributed by atoms with Crippen LogP contribution in [0.4, 0.5) is 5.69 Å². The fraction of sp³-hybridized carbons (Fsp3) is 0.125. The largest absolute Gasteiger partial charge is 0.361 e. The van der Waals surface area contributed by atoms with E-state index in [1.807, 2.05) is 54.7 Å². The van der Waals surface area contributed by atoms with Crippen molar-refractivity contribution < 1.29 is 9.72 Å². The second-order valence-electron chi connectivity index (χ2n) is 7.23. The van der Waals surface area contributed by atoms with Gasteiger partial charge in [-0.1, -0.05) is 66.2 Å². The van der Waals surface area contributed by atoms with E-state index in [0.29, 0.717) is 17.1 Å². The summed E-state index contributed by atoms with van der Waals surface area (Å²) in [5, 5.41) is 15.8. The predicted octanol–water partition coefficient (Wildman–Crippen LogP) is 5.22. The number of nitro groups is 1. The van der Waals surface area contributed by atoms with E-state index in [-0.39, 0.29) is 23.9 Å². The molecule has 4 aromatic rings. The highest BCUT2D eigenvalue weighted by Crippen LogP contribution is 2.34. The molecule has 6 nitrogen and oxygen atoms in total. The van der Waals surface area contributed by atoms with Crippen molar-refractivity contribution in [3.05, 3.63) is 111 Å². The number of hydrogen-bond acceptors (Lipinski definition) is 3. The Morgan fingerprint density at radius 3 is 2.52 bits per heavy atom. The number of nitrogens with zero attached hydrogens (tertiary/aromatic N) is 1. The molecule has 1 amide bonds. The molecule has 1 atom stereocenters. The van der Waals surface area contributed by atoms with Gasteiger partial charge in [-0.2, -0.15) is 0 Å². The highest BCUT2D eigenvalue weighted by atomic mass is 35.5. The van der Waals surface area contributed by atoms with Crippen LogP contribution in [0.5, 0.6) is 0 Å². The summed E-state index contributed by atoms with van der Waals surface area (Å²) in [7, 11) is 0. The van der Waals surface area contributed by atoms with Crippen molar-refractivity contribution in [1.82, 2.24) is 10.3 Å². The zero-order valence-corrected chi connectivity index (χ0v) is 17.3. The van der Waals surface area contributed by atoms with Crippen LogP contribution in [0.25, 0.3) is 10.9 Å². The van der Waals surface area contributed by atoms with Crippen LogP contribution in [0.15, 0.2) is 79.0 Å². The molecule has 1 aromatic heterocycles. The van der Waals surface area contributed by atoms with Crippen molar-refractivity contribution in [3.8, 4) is 0 Å². The molecule has 0 aliphatic heterocycles. The van der Waals surface area contributed by atoms with Crippen LogP contribution in [0.2, 0.25) is 5.02 Å². The lowest BCUT2D eigenvalue weighted by Gasteiger charge is -2.19. The zero-order valence-electron chi connectivity index (χ0n) is 16.5. The summed E-state index contributed by atoms with van der Waals surface area (Å²) in [5.41, 5.74) is 3.25. The number of rotatable bonds is 7. The third-order valence-electron chi connectivity index (χ3n) is 5.32. The lowest BCUT2D eigenvalue weighted by atomic mass is 9.90. The van der Waals surface area contributed by atoms with Crippen molar-refractivity contribution in [1.29, 1.82) is 0 Å². The Hall–Kier alpha value is -3.64. The summed E-state index contributed by atoms with van der Waals surface area (Å²) < 4.78 is 0. The molecule has 0 bridgehead atoms. The number of aromatic amines is 1. The number of carbonyl (C=O) groups excluding carboxylic acids is 1. The second-order valence-corrected chi connectivity index (χ2v) is 7.64. The van der Waals surface area contributed by atoms with Gasteiger partial charge >= 0.3 is 0 Å². The highest BCUT2D eigenvalue weighted by Gasteiger charge is 2.22. The van der Waals surface area contributed by atoms with Gasteiger partial charge in [0.05, 0.1) is 11.3 Å². The minimum Gasteiger partial charge on any atom is -0.361 e. The number of benzene rings is 3. The Labute approximate surface area is 184 Å². The number of nitro benzene ring substituents is 1. The number of hydrogen-bond donors (Lipinski definition) is 2. The summed E-state index contributed by atoms with van der Waals surface area (Å²) in [5.74, 6) is -0.467. The molecular formula is C24H20ClN3O3. The van der Waals surface area contributed by atoms with Crippen LogP contribution in [0, 0.1) is 10.1 Å². The SMILES string of the molecule is O=C(Cc1ccccc1[N+](=O)[O-])NCC(c1ccccc1Cl)c1c[nH]c2ccccc12. The van der Waals surface area contributed by atoms with Gasteiger partial charge in [-0.3, -0.25) is 14.9 Å². The minimum atomic E-state index is -0.471. The van der Waals surface area contributed by atoms with E-state index in [9.17, 15) is 14.9 Å². The summed E-state index contributed by atoms with van der Waals surface area (Å²) in [6.45, 7) is 0.311. The Balaban J connectivity index is 1.60. The van der Waals surface area contributed by atoms with Gasteiger partial charge in [-0.15, -0.1) is 0 Å². The van der Waals surface area contributed by atoms with Crippen molar-refractivity contribution in [3.63, 3.8) is 0 Å². The zero-order chi connectivity index (χ0) is 21.8. The maximum Gasteiger partial charge on any atom is 0.273 e. The fourth-order valence-electron chi connectivity index (χ4n) is 3.82. The van der Waals surface area contributed by atoms with Gasteiger partial charge in [0.1, 0.15) is 0 Å². The Kier molecular flexibility index (Phi) is 6.00. The van der Waals surface area contributed by atoms with Crippen molar-refractivity contribution in [2.24, 2.45) is 0 Å². The summed E-state index contributed by atoms with van der Waals surface area (Å²) in [4.78, 5) is 26.7. The first kappa shape index (κ1) is 20.6. The average molecular weight is 434 g/mol. The molecule has 0 aliphatic carbocycles. The molecule has 156 valence electrons. The van der Waals surface area contributed by atoms with Crippen LogP contribution >= 0.6 is 11.6 Å². The number of halogens is 1. The summed E-state index contributed by atoms with van der Waals surface area (Å²) in [6, 6.07) is 21.8. The Morgan fingerprint density at radius 2 is 1.71 bits per heavy atom. The first-order valence-electron chi connectivity index (χ1n) is 9.84. The smallest absolute Gasteiger partial charge is 0.273 e. The van der Waals surface area contributed by atoms with Crippen LogP contribution in [0.3, 0.4) is 0 Å². The Bertz CT molecular complexity index is 1250. The summed E-state index contributed by atoms with van der Waals surface area (Å²) >= 11 is 6.49. The van der Waals surface area contributed by atoms with Crippen molar-refractivity contribution >= 4 is 34.1 Å². The molecule has 0 radical (unpaired) electrons. The average Bonchev–Trinajstić information content (AvgIpc) is 3.19. The number of fused-ring (bicyclic) bond motifs is 1. The van der Waals surface area contributed by atoms with Crippen molar-refractivity contribution in [2.45, 2.75) is 12.3 Å². The number of amides is 1. The molecule has 0 saturated heterocycles. The van der Waals surface area contributed by atoms with E-state index in [2.05, 4.69) is 10.3 Å². The standard InChI is InChI=1S/C24H20ClN3O3/c25-21-10-4-2-8-17(21)19(20-14-26-22-11-5-3-9-18(20)22)15-27-24(29)13-16-7-1-6-12-23(16)28(30)31/h1-12,14,19,26H,13,15H2,(H,27,29). The first-order chi connectivity index (χ1) is 15.0. The van der Waals surface area contributed by atoms with Gasteiger partial charge in [0.25, 0.3) is 5.69 Å². The lowest BCUT2D eigenvalue weighted by molar-refractivity contribution is -0.385. The van der Waals surface area contributed by atoms with Gasteiger partial charge in [0.15, 0.2) is 0 Å². The maximum atomic E-state index is 12.7. The third kappa shape index (κ3) is 4.44. The maximum absolute atomic E-state index is 12.7. The van der Waals surface area contributed by atoms with Gasteiger partial charge in [0.2, 0.25) is 5.91 Å². The van der Waals surface area contributed by atoms with Gasteiger partial charge in [0, 0.05) is 46.2 Å². The number of para-hydroxylation sites is 2. The number of nitrogens with one attached hydrogen (secondary N) is 2. The third-order valence-corrected chi connectivity index (χ3v) is 5.66. The molecule has 2 N–H and O–H groups in total. The molecule has 31 heavy (non-hydrogen) atoms. The highest BCUT2D eigenvalue weighted by molar-refractivity contribution is 6.31. The van der Waals surface area contributed by atoms with Gasteiger partial charge in [-0.05, 0) is 23.3 Å². The normalized spacial score (nSPS) is 11.9. The molecule has 0 saturated carbocycles. The molecular weight excluding hydrogens is 414 g/mol. The van der Waals surface area contributed by atoms with Gasteiger partial charge in [-0.25, -0.2) is 0 Å². The van der Waals surface area contributed by atoms with E-state index < -0.39 is 4.92 Å². The molecule has 7 heteroatoms. The van der Waals surface area contributed by atoms with Gasteiger partial charge < -0.3 is 10.3 Å². The molecule has 0 fully saturated rings. The van der Waals surface area contributed by atoms with Crippen LogP contribution in [-0.4, -0.2) is 22.4 Å². The van der Waals surface area contributed by atoms with E-state index in [1.165, 1.54) is 6.07 Å². The molecule has 0 aliphatic rings. The molecule has 1 unspecified atom stereocenters. The molecule has 4 rings (SSSR count). The van der Waals surface area contributed by atoms with Crippen LogP contribution in [0.1, 0.15) is 22.6 Å². The second kappa shape index (κ2) is 9.02. The van der Waals surface area contributed by atoms with E-state index >= 15 is 0 Å². The van der Waals surface area contributed by atoms with E-state index in [4.69, 9.17) is 11.6 Å². The van der Waals surface area contributed by atoms with Crippen molar-refractivity contribution in [2.75, 3.05) is 6.54 Å². The Morgan fingerprint density at radius 1 is 1.00 bits per heavy atom. The van der Waals surface area contributed by atoms with E-state index in [0.717, 1.165) is 22.0 Å². The van der Waals surface area contributed by atoms with Crippen LogP contribution < -0.4 is 5.32 Å². The monoisotopic (exact) mass is 433 g/mol. The summed E-state index contributed by atoms with van der Waals surface area (Å²) in [6.07, 6.45) is 1.87. The first-order valence-corrected chi connectivity index (χ1v) is 10.2. The quantitative estimate of drug-likeness (QED) is 0.309. The molecule has 0 spiro atoms. The predicted molar refractivity (Wildman–Crippen MR) is 121 cm³/mol.